The molecule has 1 atom stereocenters. The maximum absolute atomic E-state index is 13.3. The maximum Gasteiger partial charge on any atom is 0.296 e. The van der Waals surface area contributed by atoms with Gasteiger partial charge in [0.2, 0.25) is 15.6 Å². The number of non-ortho nitro benzene ring substituents is 1. The molecule has 1 aliphatic rings. The summed E-state index contributed by atoms with van der Waals surface area (Å²) in [6, 6.07) is 12.3. The van der Waals surface area contributed by atoms with Crippen molar-refractivity contribution in [2.75, 3.05) is 4.90 Å². The Morgan fingerprint density at radius 1 is 1.13 bits per heavy atom. The molecule has 0 spiro atoms. The molecule has 3 heterocycles. The van der Waals surface area contributed by atoms with Crippen LogP contribution in [-0.4, -0.2) is 35.1 Å². The molecule has 38 heavy (non-hydrogen) atoms. The van der Waals surface area contributed by atoms with Crippen molar-refractivity contribution in [3.05, 3.63) is 111 Å². The number of carbonyl (C=O) groups excluding carboxylic acids is 2. The van der Waals surface area contributed by atoms with E-state index in [-0.39, 0.29) is 41.8 Å². The molecule has 192 valence electrons. The number of rotatable bonds is 7. The van der Waals surface area contributed by atoms with Crippen LogP contribution in [0.1, 0.15) is 22.2 Å². The summed E-state index contributed by atoms with van der Waals surface area (Å²) >= 11 is 7.02. The minimum absolute atomic E-state index is 0.126. The molecule has 0 radical (unpaired) electrons. The van der Waals surface area contributed by atoms with Crippen molar-refractivity contribution in [3.63, 3.8) is 0 Å². The largest absolute Gasteiger partial charge is 0.503 e. The Hall–Kier alpha value is -4.33. The van der Waals surface area contributed by atoms with E-state index in [9.17, 15) is 33.2 Å². The van der Waals surface area contributed by atoms with Crippen LogP contribution >= 0.6 is 22.9 Å². The van der Waals surface area contributed by atoms with Gasteiger partial charge < -0.3 is 9.52 Å². The van der Waals surface area contributed by atoms with Crippen LogP contribution in [0.15, 0.2) is 98.0 Å². The van der Waals surface area contributed by atoms with Gasteiger partial charge in [0.05, 0.1) is 33.9 Å². The molecule has 5 rings (SSSR count). The van der Waals surface area contributed by atoms with Crippen molar-refractivity contribution in [2.45, 2.75) is 15.1 Å². The third-order valence-corrected chi connectivity index (χ3v) is 9.27. The Kier molecular flexibility index (Phi) is 6.34. The molecular formula is C24H14ClN3O8S2. The fraction of sp³-hybridized carbons (Fsp3) is 0.0417. The van der Waals surface area contributed by atoms with Gasteiger partial charge in [-0.1, -0.05) is 41.1 Å². The van der Waals surface area contributed by atoms with Crippen LogP contribution in [0.25, 0.3) is 0 Å². The van der Waals surface area contributed by atoms with Crippen LogP contribution in [-0.2, 0) is 14.6 Å². The normalized spacial score (nSPS) is 15.8. The molecule has 2 aromatic heterocycles. The summed E-state index contributed by atoms with van der Waals surface area (Å²) in [6.07, 6.45) is 2.29. The number of nitro groups is 1. The number of sulfone groups is 1. The van der Waals surface area contributed by atoms with Crippen LogP contribution in [0, 0.1) is 10.1 Å². The lowest BCUT2D eigenvalue weighted by molar-refractivity contribution is -0.384. The van der Waals surface area contributed by atoms with E-state index < -0.39 is 38.3 Å². The number of aliphatic hydroxyl groups is 1. The zero-order valence-corrected chi connectivity index (χ0v) is 21.2. The lowest BCUT2D eigenvalue weighted by Gasteiger charge is -2.25. The van der Waals surface area contributed by atoms with E-state index in [1.165, 1.54) is 24.5 Å². The van der Waals surface area contributed by atoms with Gasteiger partial charge in [-0.3, -0.25) is 24.6 Å². The molecule has 1 N–H and O–H groups in total. The van der Waals surface area contributed by atoms with Crippen LogP contribution in [0.2, 0.25) is 5.02 Å². The molecule has 2 aromatic carbocycles. The van der Waals surface area contributed by atoms with Gasteiger partial charge in [-0.15, -0.1) is 0 Å². The second-order valence-electron chi connectivity index (χ2n) is 7.88. The van der Waals surface area contributed by atoms with Crippen LogP contribution in [0.3, 0.4) is 0 Å². The highest BCUT2D eigenvalue weighted by atomic mass is 35.5. The van der Waals surface area contributed by atoms with E-state index in [1.807, 2.05) is 0 Å². The number of aliphatic hydroxyl groups excluding tert-OH is 1. The summed E-state index contributed by atoms with van der Waals surface area (Å²) in [5, 5.41) is 21.7. The van der Waals surface area contributed by atoms with E-state index >= 15 is 0 Å². The second-order valence-corrected chi connectivity index (χ2v) is 11.5. The van der Waals surface area contributed by atoms with E-state index in [0.717, 1.165) is 35.4 Å². The van der Waals surface area contributed by atoms with Crippen molar-refractivity contribution in [1.82, 2.24) is 4.98 Å². The molecule has 0 saturated heterocycles. The number of thiazole rings is 1. The van der Waals surface area contributed by atoms with E-state index in [4.69, 9.17) is 16.0 Å². The van der Waals surface area contributed by atoms with Gasteiger partial charge in [0.1, 0.15) is 4.21 Å². The average molecular weight is 572 g/mol. The smallest absolute Gasteiger partial charge is 0.296 e. The van der Waals surface area contributed by atoms with Gasteiger partial charge in [0.25, 0.3) is 11.6 Å². The zero-order chi connectivity index (χ0) is 27.2. The topological polar surface area (TPSA) is 161 Å². The number of benzene rings is 2. The predicted molar refractivity (Wildman–Crippen MR) is 135 cm³/mol. The zero-order valence-electron chi connectivity index (χ0n) is 18.8. The number of nitrogens with zero attached hydrogens (tertiary/aromatic N) is 3. The Morgan fingerprint density at radius 3 is 2.47 bits per heavy atom. The van der Waals surface area contributed by atoms with Crippen molar-refractivity contribution in [3.8, 4) is 0 Å². The van der Waals surface area contributed by atoms with E-state index in [0.29, 0.717) is 11.3 Å². The van der Waals surface area contributed by atoms with E-state index in [2.05, 4.69) is 4.98 Å². The number of carbonyl (C=O) groups is 2. The van der Waals surface area contributed by atoms with Crippen LogP contribution in [0.5, 0.6) is 0 Å². The summed E-state index contributed by atoms with van der Waals surface area (Å²) in [5.41, 5.74) is -0.307. The number of furan rings is 1. The first kappa shape index (κ1) is 25.3. The first-order valence-electron chi connectivity index (χ1n) is 10.7. The Morgan fingerprint density at radius 2 is 1.84 bits per heavy atom. The Bertz CT molecular complexity index is 1730. The highest BCUT2D eigenvalue weighted by Crippen LogP contribution is 2.45. The molecule has 14 heteroatoms. The Labute approximate surface area is 223 Å². The number of aromatic nitrogens is 1. The first-order chi connectivity index (χ1) is 18.1. The minimum atomic E-state index is -4.17. The highest BCUT2D eigenvalue weighted by Gasteiger charge is 2.47. The summed E-state index contributed by atoms with van der Waals surface area (Å²) in [6.45, 7) is 0. The van der Waals surface area contributed by atoms with Gasteiger partial charge in [-0.2, -0.15) is 0 Å². The number of anilines is 1. The fourth-order valence-electron chi connectivity index (χ4n) is 3.92. The SMILES string of the molecule is O=C(C1=C(O)C(=O)N(c2ncc(S(=O)(=O)c3ccc([N+](=O)[O-])cc3)s2)C1c1ccccc1Cl)c1ccco1. The number of halogens is 1. The highest BCUT2D eigenvalue weighted by molar-refractivity contribution is 7.93. The predicted octanol–water partition coefficient (Wildman–Crippen LogP) is 4.91. The van der Waals surface area contributed by atoms with Crippen LogP contribution in [0.4, 0.5) is 10.8 Å². The summed E-state index contributed by atoms with van der Waals surface area (Å²) < 4.78 is 31.3. The lowest BCUT2D eigenvalue weighted by Crippen LogP contribution is -2.31. The molecule has 1 amide bonds. The Balaban J connectivity index is 1.59. The number of Topliss-reactive ketones (excluding diaryl/α,β-unsaturated/α-hetero) is 1. The quantitative estimate of drug-likeness (QED) is 0.184. The summed E-state index contributed by atoms with van der Waals surface area (Å²) in [4.78, 5) is 41.7. The van der Waals surface area contributed by atoms with Crippen molar-refractivity contribution >= 4 is 55.3 Å². The van der Waals surface area contributed by atoms with Gasteiger partial charge in [0.15, 0.2) is 16.7 Å². The molecule has 1 aliphatic heterocycles. The van der Waals surface area contributed by atoms with Crippen molar-refractivity contribution in [1.29, 1.82) is 0 Å². The standard InChI is InChI=1S/C24H14ClN3O8S2/c25-16-5-2-1-4-15(16)20-19(21(29)17-6-3-11-36-17)22(30)23(31)27(20)24-26-12-18(37-24)38(34,35)14-9-7-13(8-10-14)28(32)33/h1-12,20,30H. The van der Waals surface area contributed by atoms with Gasteiger partial charge >= 0.3 is 0 Å². The van der Waals surface area contributed by atoms with Crippen molar-refractivity contribution < 1.29 is 32.5 Å². The summed E-state index contributed by atoms with van der Waals surface area (Å²) in [5.74, 6) is -2.73. The molecule has 1 unspecified atom stereocenters. The molecule has 0 fully saturated rings. The maximum atomic E-state index is 13.3. The van der Waals surface area contributed by atoms with Gasteiger partial charge in [-0.25, -0.2) is 13.4 Å². The van der Waals surface area contributed by atoms with Gasteiger partial charge in [-0.05, 0) is 35.9 Å². The molecule has 0 saturated carbocycles. The van der Waals surface area contributed by atoms with Crippen LogP contribution < -0.4 is 4.90 Å². The minimum Gasteiger partial charge on any atom is -0.503 e. The number of ketones is 1. The average Bonchev–Trinajstić information content (AvgIpc) is 3.65. The lowest BCUT2D eigenvalue weighted by atomic mass is 9.95. The number of hydrogen-bond acceptors (Lipinski definition) is 10. The molecule has 4 aromatic rings. The first-order valence-corrected chi connectivity index (χ1v) is 13.3. The van der Waals surface area contributed by atoms with E-state index in [1.54, 1.807) is 18.2 Å². The molecule has 11 nitrogen and oxygen atoms in total. The number of nitro benzene ring substituents is 1. The monoisotopic (exact) mass is 571 g/mol. The molecule has 0 aliphatic carbocycles. The third kappa shape index (κ3) is 4.16. The fourth-order valence-corrected chi connectivity index (χ4v) is 6.70. The molecule has 0 bridgehead atoms. The summed E-state index contributed by atoms with van der Waals surface area (Å²) in [7, 11) is -4.17. The number of amides is 1. The number of hydrogen-bond donors (Lipinski definition) is 1. The van der Waals surface area contributed by atoms with Gasteiger partial charge in [0, 0.05) is 17.2 Å². The second kappa shape index (κ2) is 9.52. The molecular weight excluding hydrogens is 558 g/mol. The van der Waals surface area contributed by atoms with Crippen molar-refractivity contribution in [2.24, 2.45) is 0 Å². The third-order valence-electron chi connectivity index (χ3n) is 5.70.